The molecule has 3 rings (SSSR count). The van der Waals surface area contributed by atoms with Crippen molar-refractivity contribution in [3.63, 3.8) is 0 Å². The second-order valence-electron chi connectivity index (χ2n) is 5.81. The minimum absolute atomic E-state index is 0.271. The number of nitrogens with one attached hydrogen (secondary N) is 1. The molecule has 0 aliphatic carbocycles. The summed E-state index contributed by atoms with van der Waals surface area (Å²) in [4.78, 5) is 12.1. The third kappa shape index (κ3) is 5.83. The summed E-state index contributed by atoms with van der Waals surface area (Å²) in [6.07, 6.45) is 1.54. The lowest BCUT2D eigenvalue weighted by atomic mass is 10.2. The van der Waals surface area contributed by atoms with E-state index in [1.165, 1.54) is 6.07 Å². The zero-order chi connectivity index (χ0) is 19.9. The van der Waals surface area contributed by atoms with Gasteiger partial charge in [-0.05, 0) is 65.7 Å². The quantitative estimate of drug-likeness (QED) is 0.344. The fourth-order valence-corrected chi connectivity index (χ4v) is 3.06. The van der Waals surface area contributed by atoms with Gasteiger partial charge in [-0.15, -0.1) is 0 Å². The molecule has 28 heavy (non-hydrogen) atoms. The molecule has 0 radical (unpaired) electrons. The van der Waals surface area contributed by atoms with Crippen LogP contribution in [0.25, 0.3) is 0 Å². The van der Waals surface area contributed by atoms with Crippen LogP contribution in [-0.2, 0) is 6.61 Å². The van der Waals surface area contributed by atoms with Crippen LogP contribution in [0.2, 0.25) is 10.0 Å². The van der Waals surface area contributed by atoms with Crippen molar-refractivity contribution in [3.05, 3.63) is 97.9 Å². The number of carbonyl (C=O) groups is 1. The number of carbonyl (C=O) groups excluding carboxylic acids is 1. The molecular formula is C21H15BrCl2N2O2. The van der Waals surface area contributed by atoms with E-state index < -0.39 is 5.91 Å². The lowest BCUT2D eigenvalue weighted by Crippen LogP contribution is -2.18. The lowest BCUT2D eigenvalue weighted by molar-refractivity contribution is 0.0955. The summed E-state index contributed by atoms with van der Waals surface area (Å²) in [6.45, 7) is 0.485. The van der Waals surface area contributed by atoms with Crippen molar-refractivity contribution < 1.29 is 9.53 Å². The minimum atomic E-state index is -0.410. The van der Waals surface area contributed by atoms with Crippen molar-refractivity contribution in [1.29, 1.82) is 0 Å². The highest BCUT2D eigenvalue weighted by atomic mass is 79.9. The van der Waals surface area contributed by atoms with E-state index >= 15 is 0 Å². The normalized spacial score (nSPS) is 10.8. The third-order valence-electron chi connectivity index (χ3n) is 3.75. The van der Waals surface area contributed by atoms with Crippen molar-refractivity contribution in [2.75, 3.05) is 0 Å². The molecule has 0 spiro atoms. The number of ether oxygens (including phenoxy) is 1. The Kier molecular flexibility index (Phi) is 7.09. The van der Waals surface area contributed by atoms with E-state index in [0.29, 0.717) is 17.2 Å². The molecule has 4 nitrogen and oxygen atoms in total. The van der Waals surface area contributed by atoms with Gasteiger partial charge >= 0.3 is 0 Å². The van der Waals surface area contributed by atoms with Gasteiger partial charge in [0.1, 0.15) is 12.4 Å². The van der Waals surface area contributed by atoms with Gasteiger partial charge in [0.05, 0.1) is 16.8 Å². The maximum atomic E-state index is 12.1. The summed E-state index contributed by atoms with van der Waals surface area (Å²) in [6, 6.07) is 20.0. The molecule has 0 saturated heterocycles. The van der Waals surface area contributed by atoms with Gasteiger partial charge in [-0.25, -0.2) is 5.43 Å². The van der Waals surface area contributed by atoms with Gasteiger partial charge in [-0.3, -0.25) is 4.79 Å². The van der Waals surface area contributed by atoms with Crippen LogP contribution in [0.5, 0.6) is 5.75 Å². The second kappa shape index (κ2) is 9.73. The summed E-state index contributed by atoms with van der Waals surface area (Å²) in [5.74, 6) is 0.337. The second-order valence-corrected chi connectivity index (χ2v) is 7.57. The maximum Gasteiger partial charge on any atom is 0.272 e. The number of nitrogens with zero attached hydrogens (tertiary/aromatic N) is 1. The third-order valence-corrected chi connectivity index (χ3v) is 4.83. The van der Waals surface area contributed by atoms with Crippen molar-refractivity contribution in [2.24, 2.45) is 5.10 Å². The molecule has 0 saturated carbocycles. The molecular weight excluding hydrogens is 463 g/mol. The Morgan fingerprint density at radius 1 is 1.04 bits per heavy atom. The fourth-order valence-electron chi connectivity index (χ4n) is 2.30. The molecule has 0 aliphatic heterocycles. The van der Waals surface area contributed by atoms with E-state index in [9.17, 15) is 4.79 Å². The van der Waals surface area contributed by atoms with Crippen LogP contribution in [-0.4, -0.2) is 12.1 Å². The highest BCUT2D eigenvalue weighted by Crippen LogP contribution is 2.21. The first-order chi connectivity index (χ1) is 13.5. The molecule has 0 aromatic heterocycles. The Labute approximate surface area is 181 Å². The molecule has 0 unspecified atom stereocenters. The first kappa shape index (κ1) is 20.4. The number of hydrogen-bond acceptors (Lipinski definition) is 3. The van der Waals surface area contributed by atoms with Crippen LogP contribution in [0.15, 0.2) is 76.3 Å². The zero-order valence-corrected chi connectivity index (χ0v) is 17.6. The van der Waals surface area contributed by atoms with E-state index in [4.69, 9.17) is 27.9 Å². The molecule has 0 aliphatic rings. The van der Waals surface area contributed by atoms with E-state index in [2.05, 4.69) is 26.5 Å². The Balaban J connectivity index is 1.53. The molecule has 0 heterocycles. The summed E-state index contributed by atoms with van der Waals surface area (Å²) >= 11 is 15.2. The van der Waals surface area contributed by atoms with Crippen LogP contribution >= 0.6 is 39.1 Å². The highest BCUT2D eigenvalue weighted by molar-refractivity contribution is 9.10. The molecule has 0 atom stereocenters. The van der Waals surface area contributed by atoms with Crippen molar-refractivity contribution in [2.45, 2.75) is 6.61 Å². The monoisotopic (exact) mass is 476 g/mol. The van der Waals surface area contributed by atoms with Gasteiger partial charge in [-0.1, -0.05) is 51.3 Å². The number of hydrazone groups is 1. The highest BCUT2D eigenvalue weighted by Gasteiger charge is 2.09. The first-order valence-corrected chi connectivity index (χ1v) is 9.82. The predicted octanol–water partition coefficient (Wildman–Crippen LogP) is 6.10. The van der Waals surface area contributed by atoms with Crippen LogP contribution in [0.1, 0.15) is 21.5 Å². The molecule has 142 valence electrons. The van der Waals surface area contributed by atoms with Crippen molar-refractivity contribution in [3.8, 4) is 5.75 Å². The molecule has 3 aromatic rings. The minimum Gasteiger partial charge on any atom is -0.489 e. The molecule has 1 N–H and O–H groups in total. The number of hydrogen-bond donors (Lipinski definition) is 1. The number of benzene rings is 3. The SMILES string of the molecule is O=C(N/N=C/c1ccc(OCc2ccc(Br)cc2)cc1)c1ccc(Cl)cc1Cl. The molecule has 7 heteroatoms. The number of amides is 1. The maximum absolute atomic E-state index is 12.1. The van der Waals surface area contributed by atoms with Crippen LogP contribution in [0.3, 0.4) is 0 Å². The molecule has 1 amide bonds. The Morgan fingerprint density at radius 3 is 2.43 bits per heavy atom. The van der Waals surface area contributed by atoms with Gasteiger partial charge < -0.3 is 4.74 Å². The summed E-state index contributed by atoms with van der Waals surface area (Å²) in [5.41, 5.74) is 4.65. The van der Waals surface area contributed by atoms with Crippen LogP contribution in [0.4, 0.5) is 0 Å². The average Bonchev–Trinajstić information content (AvgIpc) is 2.68. The molecule has 0 bridgehead atoms. The molecule has 0 fully saturated rings. The van der Waals surface area contributed by atoms with E-state index in [1.54, 1.807) is 18.3 Å². The Bertz CT molecular complexity index is 990. The Morgan fingerprint density at radius 2 is 1.75 bits per heavy atom. The summed E-state index contributed by atoms with van der Waals surface area (Å²) in [5, 5.41) is 4.69. The fraction of sp³-hybridized carbons (Fsp3) is 0.0476. The van der Waals surface area contributed by atoms with E-state index in [1.807, 2.05) is 48.5 Å². The topological polar surface area (TPSA) is 50.7 Å². The number of rotatable bonds is 6. The van der Waals surface area contributed by atoms with Crippen molar-refractivity contribution in [1.82, 2.24) is 5.43 Å². The standard InChI is InChI=1S/C21H15BrCl2N2O2/c22-16-5-1-15(2-6-16)13-28-18-8-3-14(4-9-18)12-25-26-21(27)19-10-7-17(23)11-20(19)24/h1-12H,13H2,(H,26,27)/b25-12+. The van der Waals surface area contributed by atoms with E-state index in [0.717, 1.165) is 21.3 Å². The van der Waals surface area contributed by atoms with Gasteiger partial charge in [0.25, 0.3) is 5.91 Å². The van der Waals surface area contributed by atoms with Gasteiger partial charge in [-0.2, -0.15) is 5.10 Å². The average molecular weight is 478 g/mol. The van der Waals surface area contributed by atoms with Crippen molar-refractivity contribution >= 4 is 51.3 Å². The zero-order valence-electron chi connectivity index (χ0n) is 14.5. The van der Waals surface area contributed by atoms with E-state index in [-0.39, 0.29) is 5.02 Å². The molecule has 3 aromatic carbocycles. The lowest BCUT2D eigenvalue weighted by Gasteiger charge is -2.06. The Hall–Kier alpha value is -2.34. The number of halogens is 3. The van der Waals surface area contributed by atoms with Gasteiger partial charge in [0.15, 0.2) is 0 Å². The van der Waals surface area contributed by atoms with Gasteiger partial charge in [0, 0.05) is 9.50 Å². The largest absolute Gasteiger partial charge is 0.489 e. The van der Waals surface area contributed by atoms with Gasteiger partial charge in [0.2, 0.25) is 0 Å². The summed E-state index contributed by atoms with van der Waals surface area (Å²) < 4.78 is 6.79. The first-order valence-electron chi connectivity index (χ1n) is 8.27. The van der Waals surface area contributed by atoms with Crippen LogP contribution in [0, 0.1) is 0 Å². The predicted molar refractivity (Wildman–Crippen MR) is 116 cm³/mol. The summed E-state index contributed by atoms with van der Waals surface area (Å²) in [7, 11) is 0. The van der Waals surface area contributed by atoms with Crippen LogP contribution < -0.4 is 10.2 Å². The smallest absolute Gasteiger partial charge is 0.272 e.